The van der Waals surface area contributed by atoms with Crippen molar-refractivity contribution in [2.75, 3.05) is 0 Å². The van der Waals surface area contributed by atoms with Crippen LogP contribution in [0.1, 0.15) is 16.5 Å². The van der Waals surface area contributed by atoms with Gasteiger partial charge in [0.05, 0.1) is 5.38 Å². The minimum Gasteiger partial charge on any atom is -0.206 e. The number of fused-ring (bicyclic) bond motifs is 1. The molecule has 0 aliphatic rings. The molecule has 106 valence electrons. The topological polar surface area (TPSA) is 0 Å². The molecule has 0 N–H and O–H groups in total. The van der Waals surface area contributed by atoms with Crippen LogP contribution in [0.4, 0.5) is 4.39 Å². The van der Waals surface area contributed by atoms with Crippen LogP contribution in [0.25, 0.3) is 10.8 Å². The van der Waals surface area contributed by atoms with Crippen molar-refractivity contribution in [1.29, 1.82) is 0 Å². The molecule has 0 saturated heterocycles. The Bertz CT molecular complexity index is 785. The standard InChI is InChI=1S/C18H13BrClF/c19-13-5-3-4-12(10-13)11-17(20)15-8-9-18(21)16-7-2-1-6-14(15)16/h1-10,17H,11H2. The Kier molecular flexibility index (Phi) is 4.27. The number of hydrogen-bond donors (Lipinski definition) is 0. The molecule has 1 unspecified atom stereocenters. The lowest BCUT2D eigenvalue weighted by Crippen LogP contribution is -1.98. The number of benzene rings is 3. The molecule has 0 aromatic heterocycles. The van der Waals surface area contributed by atoms with Crippen LogP contribution in [0.5, 0.6) is 0 Å². The second-order valence-electron chi connectivity index (χ2n) is 4.98. The Morgan fingerprint density at radius 3 is 2.48 bits per heavy atom. The first-order valence-electron chi connectivity index (χ1n) is 6.71. The third kappa shape index (κ3) is 3.12. The number of alkyl halides is 1. The van der Waals surface area contributed by atoms with Crippen molar-refractivity contribution >= 4 is 38.3 Å². The second-order valence-corrected chi connectivity index (χ2v) is 6.43. The van der Waals surface area contributed by atoms with Gasteiger partial charge in [0, 0.05) is 9.86 Å². The normalized spacial score (nSPS) is 12.5. The zero-order valence-electron chi connectivity index (χ0n) is 11.2. The highest BCUT2D eigenvalue weighted by molar-refractivity contribution is 9.10. The van der Waals surface area contributed by atoms with E-state index in [0.717, 1.165) is 21.0 Å². The molecule has 0 fully saturated rings. The summed E-state index contributed by atoms with van der Waals surface area (Å²) < 4.78 is 14.9. The summed E-state index contributed by atoms with van der Waals surface area (Å²) in [6.07, 6.45) is 0.705. The summed E-state index contributed by atoms with van der Waals surface area (Å²) in [7, 11) is 0. The highest BCUT2D eigenvalue weighted by Crippen LogP contribution is 2.32. The van der Waals surface area contributed by atoms with Crippen molar-refractivity contribution in [3.63, 3.8) is 0 Å². The molecule has 0 radical (unpaired) electrons. The van der Waals surface area contributed by atoms with Crippen LogP contribution in [-0.4, -0.2) is 0 Å². The summed E-state index contributed by atoms with van der Waals surface area (Å²) in [5.74, 6) is -0.208. The maximum Gasteiger partial charge on any atom is 0.131 e. The zero-order valence-corrected chi connectivity index (χ0v) is 13.5. The third-order valence-corrected chi connectivity index (χ3v) is 4.43. The second kappa shape index (κ2) is 6.17. The van der Waals surface area contributed by atoms with Crippen molar-refractivity contribution < 1.29 is 4.39 Å². The first kappa shape index (κ1) is 14.6. The Morgan fingerprint density at radius 1 is 0.952 bits per heavy atom. The van der Waals surface area contributed by atoms with Gasteiger partial charge in [0.25, 0.3) is 0 Å². The molecule has 0 aliphatic heterocycles. The lowest BCUT2D eigenvalue weighted by Gasteiger charge is -2.14. The first-order valence-corrected chi connectivity index (χ1v) is 7.94. The molecule has 3 aromatic rings. The molecule has 0 spiro atoms. The van der Waals surface area contributed by atoms with E-state index >= 15 is 0 Å². The Balaban J connectivity index is 1.98. The lowest BCUT2D eigenvalue weighted by molar-refractivity contribution is 0.639. The minimum atomic E-state index is -0.208. The number of halogens is 3. The van der Waals surface area contributed by atoms with E-state index in [1.165, 1.54) is 6.07 Å². The largest absolute Gasteiger partial charge is 0.206 e. The van der Waals surface area contributed by atoms with E-state index in [0.29, 0.717) is 11.8 Å². The summed E-state index contributed by atoms with van der Waals surface area (Å²) in [5, 5.41) is 1.31. The molecular weight excluding hydrogens is 351 g/mol. The number of hydrogen-bond acceptors (Lipinski definition) is 0. The van der Waals surface area contributed by atoms with Gasteiger partial charge in [-0.1, -0.05) is 58.4 Å². The fraction of sp³-hybridized carbons (Fsp3) is 0.111. The summed E-state index contributed by atoms with van der Waals surface area (Å²) in [6.45, 7) is 0. The van der Waals surface area contributed by atoms with Gasteiger partial charge in [-0.05, 0) is 41.1 Å². The Labute approximate surface area is 136 Å². The first-order chi connectivity index (χ1) is 10.1. The van der Waals surface area contributed by atoms with E-state index in [2.05, 4.69) is 22.0 Å². The molecule has 1 atom stereocenters. The van der Waals surface area contributed by atoms with Gasteiger partial charge in [0.2, 0.25) is 0 Å². The average molecular weight is 364 g/mol. The van der Waals surface area contributed by atoms with Crippen LogP contribution in [0, 0.1) is 5.82 Å². The van der Waals surface area contributed by atoms with Crippen LogP contribution in [0.2, 0.25) is 0 Å². The van der Waals surface area contributed by atoms with E-state index in [9.17, 15) is 4.39 Å². The van der Waals surface area contributed by atoms with Gasteiger partial charge in [-0.25, -0.2) is 4.39 Å². The third-order valence-electron chi connectivity index (χ3n) is 3.55. The Morgan fingerprint density at radius 2 is 1.71 bits per heavy atom. The van der Waals surface area contributed by atoms with Gasteiger partial charge in [-0.15, -0.1) is 11.6 Å². The van der Waals surface area contributed by atoms with Gasteiger partial charge in [-0.2, -0.15) is 0 Å². The Hall–Kier alpha value is -1.38. The maximum atomic E-state index is 13.9. The predicted octanol–water partition coefficient (Wildman–Crippen LogP) is 6.26. The smallest absolute Gasteiger partial charge is 0.131 e. The van der Waals surface area contributed by atoms with E-state index in [1.807, 2.05) is 36.4 Å². The predicted molar refractivity (Wildman–Crippen MR) is 90.3 cm³/mol. The van der Waals surface area contributed by atoms with E-state index < -0.39 is 0 Å². The van der Waals surface area contributed by atoms with Gasteiger partial charge < -0.3 is 0 Å². The molecule has 0 amide bonds. The highest BCUT2D eigenvalue weighted by atomic mass is 79.9. The fourth-order valence-corrected chi connectivity index (χ4v) is 3.35. The van der Waals surface area contributed by atoms with E-state index in [1.54, 1.807) is 12.1 Å². The van der Waals surface area contributed by atoms with Crippen LogP contribution >= 0.6 is 27.5 Å². The quantitative estimate of drug-likeness (QED) is 0.481. The van der Waals surface area contributed by atoms with Crippen molar-refractivity contribution in [2.24, 2.45) is 0 Å². The van der Waals surface area contributed by atoms with Crippen molar-refractivity contribution in [3.8, 4) is 0 Å². The van der Waals surface area contributed by atoms with Crippen LogP contribution in [0.3, 0.4) is 0 Å². The molecule has 21 heavy (non-hydrogen) atoms. The zero-order chi connectivity index (χ0) is 14.8. The molecule has 0 nitrogen and oxygen atoms in total. The van der Waals surface area contributed by atoms with Crippen molar-refractivity contribution in [2.45, 2.75) is 11.8 Å². The molecule has 0 saturated carbocycles. The van der Waals surface area contributed by atoms with Gasteiger partial charge in [0.15, 0.2) is 0 Å². The molecule has 0 bridgehead atoms. The van der Waals surface area contributed by atoms with Crippen molar-refractivity contribution in [3.05, 3.63) is 82.1 Å². The molecular formula is C18H13BrClF. The molecule has 0 heterocycles. The monoisotopic (exact) mass is 362 g/mol. The van der Waals surface area contributed by atoms with Crippen molar-refractivity contribution in [1.82, 2.24) is 0 Å². The summed E-state index contributed by atoms with van der Waals surface area (Å²) in [4.78, 5) is 0. The summed E-state index contributed by atoms with van der Waals surface area (Å²) >= 11 is 10.1. The highest BCUT2D eigenvalue weighted by Gasteiger charge is 2.14. The SMILES string of the molecule is Fc1ccc(C(Cl)Cc2cccc(Br)c2)c2ccccc12. The average Bonchev–Trinajstić information content (AvgIpc) is 2.48. The van der Waals surface area contributed by atoms with Gasteiger partial charge in [-0.3, -0.25) is 0 Å². The lowest BCUT2D eigenvalue weighted by atomic mass is 9.98. The molecule has 3 heteroatoms. The molecule has 3 aromatic carbocycles. The van der Waals surface area contributed by atoms with Crippen LogP contribution in [-0.2, 0) is 6.42 Å². The maximum absolute atomic E-state index is 13.9. The molecule has 3 rings (SSSR count). The minimum absolute atomic E-state index is 0.190. The van der Waals surface area contributed by atoms with E-state index in [4.69, 9.17) is 11.6 Å². The van der Waals surface area contributed by atoms with Crippen LogP contribution in [0.15, 0.2) is 65.1 Å². The van der Waals surface area contributed by atoms with E-state index in [-0.39, 0.29) is 11.2 Å². The van der Waals surface area contributed by atoms with Gasteiger partial charge >= 0.3 is 0 Å². The molecule has 0 aliphatic carbocycles. The fourth-order valence-electron chi connectivity index (χ4n) is 2.54. The summed E-state index contributed by atoms with van der Waals surface area (Å²) in [5.41, 5.74) is 2.12. The van der Waals surface area contributed by atoms with Gasteiger partial charge in [0.1, 0.15) is 5.82 Å². The van der Waals surface area contributed by atoms with Crippen LogP contribution < -0.4 is 0 Å². The number of rotatable bonds is 3. The summed E-state index contributed by atoms with van der Waals surface area (Å²) in [6, 6.07) is 18.8.